The summed E-state index contributed by atoms with van der Waals surface area (Å²) in [6.45, 7) is 5.64. The van der Waals surface area contributed by atoms with Crippen LogP contribution in [0.25, 0.3) is 22.2 Å². The van der Waals surface area contributed by atoms with Gasteiger partial charge in [0, 0.05) is 62.8 Å². The number of nitrogens with one attached hydrogen (secondary N) is 3. The number of para-hydroxylation sites is 1. The first-order valence-corrected chi connectivity index (χ1v) is 16.3. The third kappa shape index (κ3) is 8.04. The zero-order valence-corrected chi connectivity index (χ0v) is 28.4. The number of ether oxygens (including phenoxy) is 1. The number of aliphatic imine (C=N–C) groups is 1. The molecule has 0 saturated carbocycles. The minimum atomic E-state index is -0.524. The molecular weight excluding hydrogens is 637 g/mol. The summed E-state index contributed by atoms with van der Waals surface area (Å²) in [5.41, 5.74) is 11.8. The van der Waals surface area contributed by atoms with Crippen LogP contribution in [0.2, 0.25) is 0 Å². The van der Waals surface area contributed by atoms with E-state index in [4.69, 9.17) is 10.5 Å². The first-order valence-electron chi connectivity index (χ1n) is 16.3. The predicted octanol–water partition coefficient (Wildman–Crippen LogP) is 4.70. The van der Waals surface area contributed by atoms with E-state index in [0.717, 1.165) is 39.5 Å². The Bertz CT molecular complexity index is 2050. The molecule has 0 spiro atoms. The Kier molecular flexibility index (Phi) is 10.3. The molecule has 0 radical (unpaired) electrons. The fraction of sp³-hybridized carbons (Fsp3) is 0.278. The van der Waals surface area contributed by atoms with Crippen LogP contribution in [0, 0.1) is 12.7 Å². The number of H-pyrrole nitrogens is 1. The van der Waals surface area contributed by atoms with Gasteiger partial charge in [-0.15, -0.1) is 0 Å². The van der Waals surface area contributed by atoms with Crippen LogP contribution < -0.4 is 26.0 Å². The van der Waals surface area contributed by atoms with Gasteiger partial charge in [-0.05, 0) is 43.5 Å². The zero-order chi connectivity index (χ0) is 35.2. The van der Waals surface area contributed by atoms with Gasteiger partial charge in [0.15, 0.2) is 11.6 Å². The number of halogens is 1. The average molecular weight is 678 g/mol. The number of hydrogen-bond acceptors (Lipinski definition) is 10. The van der Waals surface area contributed by atoms with Crippen LogP contribution in [-0.4, -0.2) is 81.4 Å². The SMILES string of the molecule is CN/C(C)=C\C(N)=Nc1ncc(C)c(-c2c[nH]c3c(NC(=O)CN4CC[C@H](Oc5ncc(F)c(N(C)Cc6ccccc6)n5)C4)cccc23)n1. The molecule has 1 saturated heterocycles. The van der Waals surface area contributed by atoms with Crippen molar-refractivity contribution in [2.75, 3.05) is 43.9 Å². The molecule has 14 heteroatoms. The lowest BCUT2D eigenvalue weighted by atomic mass is 10.1. The third-order valence-electron chi connectivity index (χ3n) is 8.39. The number of allylic oxidation sites excluding steroid dienone is 1. The molecule has 1 amide bonds. The molecule has 1 atom stereocenters. The number of amides is 1. The van der Waals surface area contributed by atoms with Gasteiger partial charge in [-0.25, -0.2) is 19.3 Å². The Morgan fingerprint density at radius 2 is 2.00 bits per heavy atom. The molecule has 5 aromatic rings. The second-order valence-corrected chi connectivity index (χ2v) is 12.2. The van der Waals surface area contributed by atoms with Crippen LogP contribution in [0.1, 0.15) is 24.5 Å². The van der Waals surface area contributed by atoms with Gasteiger partial charge in [0.2, 0.25) is 5.91 Å². The molecule has 0 unspecified atom stereocenters. The second kappa shape index (κ2) is 15.1. The summed E-state index contributed by atoms with van der Waals surface area (Å²) >= 11 is 0. The Morgan fingerprint density at radius 1 is 1.18 bits per heavy atom. The lowest BCUT2D eigenvalue weighted by Crippen LogP contribution is -2.33. The third-order valence-corrected chi connectivity index (χ3v) is 8.39. The minimum Gasteiger partial charge on any atom is -0.459 e. The molecule has 50 heavy (non-hydrogen) atoms. The number of hydrogen-bond donors (Lipinski definition) is 4. The number of aromatic nitrogens is 5. The fourth-order valence-electron chi connectivity index (χ4n) is 5.83. The summed E-state index contributed by atoms with van der Waals surface area (Å²) in [6.07, 6.45) is 6.86. The van der Waals surface area contributed by atoms with E-state index in [9.17, 15) is 9.18 Å². The van der Waals surface area contributed by atoms with Crippen molar-refractivity contribution in [2.24, 2.45) is 10.7 Å². The molecule has 1 fully saturated rings. The molecule has 1 aliphatic rings. The van der Waals surface area contributed by atoms with E-state index in [1.54, 1.807) is 31.3 Å². The van der Waals surface area contributed by atoms with Crippen molar-refractivity contribution < 1.29 is 13.9 Å². The summed E-state index contributed by atoms with van der Waals surface area (Å²) in [7, 11) is 3.58. The molecule has 1 aliphatic heterocycles. The molecule has 6 rings (SSSR count). The maximum absolute atomic E-state index is 14.6. The average Bonchev–Trinajstić information content (AvgIpc) is 3.74. The van der Waals surface area contributed by atoms with E-state index in [-0.39, 0.29) is 42.2 Å². The molecule has 5 N–H and O–H groups in total. The van der Waals surface area contributed by atoms with Crippen molar-refractivity contribution in [3.63, 3.8) is 0 Å². The molecule has 4 heterocycles. The highest BCUT2D eigenvalue weighted by Gasteiger charge is 2.27. The number of benzene rings is 2. The number of anilines is 2. The predicted molar refractivity (Wildman–Crippen MR) is 193 cm³/mol. The fourth-order valence-corrected chi connectivity index (χ4v) is 5.83. The van der Waals surface area contributed by atoms with Crippen molar-refractivity contribution in [3.05, 3.63) is 95.8 Å². The van der Waals surface area contributed by atoms with Gasteiger partial charge in [-0.2, -0.15) is 9.98 Å². The molecule has 2 aromatic carbocycles. The number of nitrogens with two attached hydrogens (primary N) is 1. The maximum atomic E-state index is 14.6. The first kappa shape index (κ1) is 34.0. The smallest absolute Gasteiger partial charge is 0.318 e. The van der Waals surface area contributed by atoms with Crippen LogP contribution in [0.5, 0.6) is 6.01 Å². The number of likely N-dealkylation sites (tertiary alicyclic amines) is 1. The number of amidine groups is 1. The normalized spacial score (nSPS) is 15.3. The van der Waals surface area contributed by atoms with Gasteiger partial charge in [-0.3, -0.25) is 9.69 Å². The number of nitrogens with zero attached hydrogens (tertiary/aromatic N) is 7. The van der Waals surface area contributed by atoms with E-state index in [0.29, 0.717) is 37.4 Å². The van der Waals surface area contributed by atoms with Crippen LogP contribution in [0.4, 0.5) is 21.8 Å². The van der Waals surface area contributed by atoms with Gasteiger partial charge in [0.05, 0.1) is 29.6 Å². The lowest BCUT2D eigenvalue weighted by Gasteiger charge is -2.20. The Morgan fingerprint density at radius 3 is 2.80 bits per heavy atom. The van der Waals surface area contributed by atoms with Crippen molar-refractivity contribution in [3.8, 4) is 17.3 Å². The number of carbonyl (C=O) groups is 1. The van der Waals surface area contributed by atoms with Crippen molar-refractivity contribution in [2.45, 2.75) is 32.9 Å². The monoisotopic (exact) mass is 677 g/mol. The van der Waals surface area contributed by atoms with Crippen molar-refractivity contribution >= 4 is 40.1 Å². The molecule has 0 aliphatic carbocycles. The Hall–Kier alpha value is -5.89. The first-order chi connectivity index (χ1) is 24.2. The summed E-state index contributed by atoms with van der Waals surface area (Å²) in [5, 5.41) is 6.95. The number of rotatable bonds is 12. The standard InChI is InChI=1S/C36H40FN11O2/c1-22-16-41-35(44-30(38)15-23(2)39-3)45-32(22)27-17-40-33-26(27)11-8-12-29(33)43-31(49)21-48-14-13-25(20-48)50-36-42-18-28(37)34(46-36)47(4)19-24-9-6-5-7-10-24/h5-12,15-18,25,39-40H,13-14,19-21H2,1-4H3,(H,43,49)(H2,38,41,44,45)/b23-15-/t25-/m0/s1. The van der Waals surface area contributed by atoms with Crippen molar-refractivity contribution in [1.82, 2.24) is 35.1 Å². The van der Waals surface area contributed by atoms with Gasteiger partial charge in [0.1, 0.15) is 11.9 Å². The van der Waals surface area contributed by atoms with Crippen molar-refractivity contribution in [1.29, 1.82) is 0 Å². The quantitative estimate of drug-likeness (QED) is 0.108. The van der Waals surface area contributed by atoms with Gasteiger partial charge < -0.3 is 31.0 Å². The lowest BCUT2D eigenvalue weighted by molar-refractivity contribution is -0.117. The summed E-state index contributed by atoms with van der Waals surface area (Å²) in [4.78, 5) is 42.1. The van der Waals surface area contributed by atoms with Gasteiger partial charge in [0.25, 0.3) is 5.95 Å². The van der Waals surface area contributed by atoms with Crippen LogP contribution in [-0.2, 0) is 11.3 Å². The maximum Gasteiger partial charge on any atom is 0.318 e. The highest BCUT2D eigenvalue weighted by molar-refractivity contribution is 6.06. The van der Waals surface area contributed by atoms with E-state index < -0.39 is 5.82 Å². The number of aryl methyl sites for hydroxylation is 1. The minimum absolute atomic E-state index is 0.105. The van der Waals surface area contributed by atoms with E-state index in [1.165, 1.54) is 0 Å². The molecule has 13 nitrogen and oxygen atoms in total. The molecular formula is C36H40FN11O2. The Balaban J connectivity index is 1.09. The highest BCUT2D eigenvalue weighted by atomic mass is 19.1. The summed E-state index contributed by atoms with van der Waals surface area (Å²) < 4.78 is 20.7. The van der Waals surface area contributed by atoms with Gasteiger partial charge >= 0.3 is 6.01 Å². The number of aromatic amines is 1. The number of carbonyl (C=O) groups excluding carboxylic acids is 1. The van der Waals surface area contributed by atoms with Gasteiger partial charge in [-0.1, -0.05) is 42.5 Å². The summed E-state index contributed by atoms with van der Waals surface area (Å²) in [5.74, 6) is 0.0105. The number of fused-ring (bicyclic) bond motifs is 1. The van der Waals surface area contributed by atoms with Crippen LogP contribution in [0.3, 0.4) is 0 Å². The summed E-state index contributed by atoms with van der Waals surface area (Å²) in [6, 6.07) is 15.6. The molecule has 3 aromatic heterocycles. The largest absolute Gasteiger partial charge is 0.459 e. The van der Waals surface area contributed by atoms with Crippen LogP contribution in [0.15, 0.2) is 83.9 Å². The molecule has 258 valence electrons. The van der Waals surface area contributed by atoms with Crippen LogP contribution >= 0.6 is 0 Å². The Labute approximate surface area is 289 Å². The van der Waals surface area contributed by atoms with E-state index >= 15 is 0 Å². The highest BCUT2D eigenvalue weighted by Crippen LogP contribution is 2.33. The topological polar surface area (TPSA) is 163 Å². The zero-order valence-electron chi connectivity index (χ0n) is 28.4. The van der Waals surface area contributed by atoms with E-state index in [1.807, 2.05) is 73.5 Å². The second-order valence-electron chi connectivity index (χ2n) is 12.2. The van der Waals surface area contributed by atoms with E-state index in [2.05, 4.69) is 40.5 Å². The molecule has 0 bridgehead atoms.